The molecule has 126 valence electrons. The second-order valence-corrected chi connectivity index (χ2v) is 5.83. The first-order valence-electron chi connectivity index (χ1n) is 6.38. The van der Waals surface area contributed by atoms with Gasteiger partial charge in [-0.25, -0.2) is 0 Å². The Morgan fingerprint density at radius 3 is 1.88 bits per heavy atom. The van der Waals surface area contributed by atoms with Crippen LogP contribution in [-0.2, 0) is 6.18 Å². The predicted molar refractivity (Wildman–Crippen MR) is 80.1 cm³/mol. The number of alkyl halides is 3. The largest absolute Gasteiger partial charge is 0.417 e. The van der Waals surface area contributed by atoms with Crippen molar-refractivity contribution in [2.75, 3.05) is 0 Å². The van der Waals surface area contributed by atoms with Crippen LogP contribution in [0.1, 0.15) is 11.1 Å². The third-order valence-corrected chi connectivity index (χ3v) is 4.32. The van der Waals surface area contributed by atoms with Crippen molar-refractivity contribution < 1.29 is 23.0 Å². The first kappa shape index (κ1) is 17.7. The van der Waals surface area contributed by atoms with Crippen LogP contribution in [0.15, 0.2) is 46.2 Å². The number of non-ortho nitro benzene ring substituents is 2. The number of hydrogen-bond donors (Lipinski definition) is 0. The minimum atomic E-state index is -4.76. The Balaban J connectivity index is 2.46. The Labute approximate surface area is 137 Å². The van der Waals surface area contributed by atoms with Gasteiger partial charge in [-0.05, 0) is 24.6 Å². The van der Waals surface area contributed by atoms with Crippen LogP contribution in [0, 0.1) is 27.2 Å². The first-order valence-corrected chi connectivity index (χ1v) is 7.20. The molecule has 0 fully saturated rings. The zero-order chi connectivity index (χ0) is 18.1. The maximum atomic E-state index is 13.1. The molecule has 24 heavy (non-hydrogen) atoms. The van der Waals surface area contributed by atoms with Gasteiger partial charge in [-0.15, -0.1) is 0 Å². The second-order valence-electron chi connectivity index (χ2n) is 4.74. The normalized spacial score (nSPS) is 11.3. The molecule has 0 amide bonds. The Bertz CT molecular complexity index is 824. The molecule has 0 atom stereocenters. The minimum absolute atomic E-state index is 0.170. The fourth-order valence-electron chi connectivity index (χ4n) is 1.92. The SMILES string of the molecule is Cc1cc([N+](=O)[O-])ccc1Sc1ccc([N+](=O)[O-])cc1C(F)(F)F. The molecule has 0 bridgehead atoms. The van der Waals surface area contributed by atoms with E-state index >= 15 is 0 Å². The summed E-state index contributed by atoms with van der Waals surface area (Å²) in [6.07, 6.45) is -4.76. The van der Waals surface area contributed by atoms with Crippen LogP contribution in [-0.4, -0.2) is 9.85 Å². The molecule has 0 spiro atoms. The highest BCUT2D eigenvalue weighted by Crippen LogP contribution is 2.42. The fraction of sp³-hybridized carbons (Fsp3) is 0.143. The molecule has 2 aromatic rings. The number of halogens is 3. The van der Waals surface area contributed by atoms with E-state index in [0.29, 0.717) is 16.5 Å². The number of aryl methyl sites for hydroxylation is 1. The number of benzene rings is 2. The summed E-state index contributed by atoms with van der Waals surface area (Å²) in [5, 5.41) is 21.4. The van der Waals surface area contributed by atoms with Gasteiger partial charge in [0.2, 0.25) is 0 Å². The lowest BCUT2D eigenvalue weighted by atomic mass is 10.2. The average molecular weight is 358 g/mol. The summed E-state index contributed by atoms with van der Waals surface area (Å²) < 4.78 is 39.4. The number of hydrogen-bond acceptors (Lipinski definition) is 5. The molecular weight excluding hydrogens is 349 g/mol. The minimum Gasteiger partial charge on any atom is -0.258 e. The van der Waals surface area contributed by atoms with Crippen LogP contribution in [0.3, 0.4) is 0 Å². The highest BCUT2D eigenvalue weighted by molar-refractivity contribution is 7.99. The highest BCUT2D eigenvalue weighted by Gasteiger charge is 2.35. The standard InChI is InChI=1S/C14H9F3N2O4S/c1-8-6-9(18(20)21)2-4-12(8)24-13-5-3-10(19(22)23)7-11(13)14(15,16)17/h2-7H,1H3. The van der Waals surface area contributed by atoms with Gasteiger partial charge < -0.3 is 0 Å². The quantitative estimate of drug-likeness (QED) is 0.568. The summed E-state index contributed by atoms with van der Waals surface area (Å²) >= 11 is 0.743. The van der Waals surface area contributed by atoms with Gasteiger partial charge in [-0.3, -0.25) is 20.2 Å². The van der Waals surface area contributed by atoms with Crippen molar-refractivity contribution >= 4 is 23.1 Å². The van der Waals surface area contributed by atoms with E-state index in [1.54, 1.807) is 0 Å². The molecule has 0 saturated carbocycles. The van der Waals surface area contributed by atoms with Gasteiger partial charge in [0.1, 0.15) is 0 Å². The van der Waals surface area contributed by atoms with Gasteiger partial charge in [-0.1, -0.05) is 11.8 Å². The van der Waals surface area contributed by atoms with E-state index in [4.69, 9.17) is 0 Å². The van der Waals surface area contributed by atoms with E-state index in [2.05, 4.69) is 0 Å². The molecule has 0 N–H and O–H groups in total. The summed E-state index contributed by atoms with van der Waals surface area (Å²) in [6.45, 7) is 1.54. The van der Waals surface area contributed by atoms with Crippen LogP contribution in [0.5, 0.6) is 0 Å². The molecular formula is C14H9F3N2O4S. The maximum absolute atomic E-state index is 13.1. The molecule has 0 aliphatic carbocycles. The monoisotopic (exact) mass is 358 g/mol. The lowest BCUT2D eigenvalue weighted by Crippen LogP contribution is -2.07. The van der Waals surface area contributed by atoms with E-state index in [0.717, 1.165) is 23.9 Å². The van der Waals surface area contributed by atoms with Crippen molar-refractivity contribution in [1.29, 1.82) is 0 Å². The van der Waals surface area contributed by atoms with E-state index in [-0.39, 0.29) is 10.6 Å². The Kier molecular flexibility index (Phi) is 4.78. The molecule has 2 rings (SSSR count). The smallest absolute Gasteiger partial charge is 0.258 e. The molecule has 0 aliphatic rings. The number of rotatable bonds is 4. The van der Waals surface area contributed by atoms with Gasteiger partial charge in [0.05, 0.1) is 15.4 Å². The van der Waals surface area contributed by atoms with E-state index in [9.17, 15) is 33.4 Å². The zero-order valence-corrected chi connectivity index (χ0v) is 12.9. The maximum Gasteiger partial charge on any atom is 0.417 e. The van der Waals surface area contributed by atoms with Crippen molar-refractivity contribution in [2.45, 2.75) is 22.9 Å². The van der Waals surface area contributed by atoms with Gasteiger partial charge >= 0.3 is 6.18 Å². The van der Waals surface area contributed by atoms with Crippen LogP contribution < -0.4 is 0 Å². The van der Waals surface area contributed by atoms with Gasteiger partial charge in [0.25, 0.3) is 11.4 Å². The number of nitro benzene ring substituents is 2. The molecule has 0 radical (unpaired) electrons. The highest BCUT2D eigenvalue weighted by atomic mass is 32.2. The zero-order valence-electron chi connectivity index (χ0n) is 12.0. The van der Waals surface area contributed by atoms with E-state index in [1.165, 1.54) is 25.1 Å². The van der Waals surface area contributed by atoms with Crippen LogP contribution >= 0.6 is 11.8 Å². The van der Waals surface area contributed by atoms with Crippen LogP contribution in [0.2, 0.25) is 0 Å². The molecule has 6 nitrogen and oxygen atoms in total. The van der Waals surface area contributed by atoms with Crippen molar-refractivity contribution in [3.8, 4) is 0 Å². The number of nitrogens with zero attached hydrogens (tertiary/aromatic N) is 2. The fourth-order valence-corrected chi connectivity index (χ4v) is 2.94. The lowest BCUT2D eigenvalue weighted by Gasteiger charge is -2.13. The second kappa shape index (κ2) is 6.48. The summed E-state index contributed by atoms with van der Waals surface area (Å²) in [4.78, 5) is 20.0. The molecule has 0 aliphatic heterocycles. The summed E-state index contributed by atoms with van der Waals surface area (Å²) in [5.41, 5.74) is -1.52. The molecule has 0 saturated heterocycles. The summed E-state index contributed by atoms with van der Waals surface area (Å²) in [7, 11) is 0. The third-order valence-electron chi connectivity index (χ3n) is 3.07. The van der Waals surface area contributed by atoms with Crippen molar-refractivity contribution in [3.63, 3.8) is 0 Å². The van der Waals surface area contributed by atoms with Crippen molar-refractivity contribution in [1.82, 2.24) is 0 Å². The molecule has 2 aromatic carbocycles. The van der Waals surface area contributed by atoms with Crippen LogP contribution in [0.25, 0.3) is 0 Å². The topological polar surface area (TPSA) is 86.3 Å². The van der Waals surface area contributed by atoms with Gasteiger partial charge in [0.15, 0.2) is 0 Å². The number of nitro groups is 2. The Morgan fingerprint density at radius 2 is 1.42 bits per heavy atom. The average Bonchev–Trinajstić information content (AvgIpc) is 2.48. The van der Waals surface area contributed by atoms with Gasteiger partial charge in [0, 0.05) is 34.1 Å². The molecule has 0 unspecified atom stereocenters. The molecule has 0 aromatic heterocycles. The van der Waals surface area contributed by atoms with E-state index < -0.39 is 27.3 Å². The summed E-state index contributed by atoms with van der Waals surface area (Å²) in [6, 6.07) is 6.27. The Hall–Kier alpha value is -2.62. The third kappa shape index (κ3) is 3.82. The summed E-state index contributed by atoms with van der Waals surface area (Å²) in [5.74, 6) is 0. The Morgan fingerprint density at radius 1 is 0.917 bits per heavy atom. The predicted octanol–water partition coefficient (Wildman–Crippen LogP) is 4.98. The first-order chi connectivity index (χ1) is 11.1. The van der Waals surface area contributed by atoms with Crippen LogP contribution in [0.4, 0.5) is 24.5 Å². The molecule has 10 heteroatoms. The molecule has 0 heterocycles. The van der Waals surface area contributed by atoms with Gasteiger partial charge in [-0.2, -0.15) is 13.2 Å². The van der Waals surface area contributed by atoms with E-state index in [1.807, 2.05) is 0 Å². The van der Waals surface area contributed by atoms with Crippen molar-refractivity contribution in [3.05, 3.63) is 67.8 Å². The van der Waals surface area contributed by atoms with Crippen molar-refractivity contribution in [2.24, 2.45) is 0 Å². The lowest BCUT2D eigenvalue weighted by molar-refractivity contribution is -0.385.